The number of aryl methyl sites for hydroxylation is 2. The minimum atomic E-state index is 0.00306. The maximum absolute atomic E-state index is 6.11. The monoisotopic (exact) mass is 273 g/mol. The third-order valence-corrected chi connectivity index (χ3v) is 3.52. The van der Waals surface area contributed by atoms with Gasteiger partial charge in [-0.25, -0.2) is 0 Å². The summed E-state index contributed by atoms with van der Waals surface area (Å²) in [6.45, 7) is 8.63. The van der Waals surface area contributed by atoms with Gasteiger partial charge in [-0.05, 0) is 24.0 Å². The van der Waals surface area contributed by atoms with Crippen molar-refractivity contribution in [2.24, 2.45) is 7.05 Å². The van der Waals surface area contributed by atoms with Crippen LogP contribution in [0.5, 0.6) is 5.75 Å². The van der Waals surface area contributed by atoms with Gasteiger partial charge in [0.2, 0.25) is 0 Å². The van der Waals surface area contributed by atoms with Crippen LogP contribution in [0, 0.1) is 6.92 Å². The molecule has 0 fully saturated rings. The lowest BCUT2D eigenvalue weighted by molar-refractivity contribution is 0.399. The molecule has 20 heavy (non-hydrogen) atoms. The van der Waals surface area contributed by atoms with E-state index in [0.717, 1.165) is 16.9 Å². The van der Waals surface area contributed by atoms with Crippen LogP contribution in [-0.4, -0.2) is 16.9 Å². The second-order valence-corrected chi connectivity index (χ2v) is 6.21. The highest BCUT2D eigenvalue weighted by atomic mass is 16.5. The van der Waals surface area contributed by atoms with E-state index in [4.69, 9.17) is 10.5 Å². The van der Waals surface area contributed by atoms with E-state index in [1.807, 2.05) is 7.05 Å². The Morgan fingerprint density at radius 3 is 2.30 bits per heavy atom. The molecule has 0 saturated carbocycles. The predicted octanol–water partition coefficient (Wildman–Crippen LogP) is 3.28. The molecule has 0 aliphatic carbocycles. The van der Waals surface area contributed by atoms with E-state index in [1.165, 1.54) is 11.1 Å². The fraction of sp³-hybridized carbons (Fsp3) is 0.438. The lowest BCUT2D eigenvalue weighted by Gasteiger charge is -2.24. The molecule has 0 unspecified atom stereocenters. The van der Waals surface area contributed by atoms with Gasteiger partial charge in [0.15, 0.2) is 0 Å². The zero-order valence-corrected chi connectivity index (χ0v) is 13.1. The number of anilines is 1. The highest BCUT2D eigenvalue weighted by Crippen LogP contribution is 2.41. The smallest absolute Gasteiger partial charge is 0.130 e. The lowest BCUT2D eigenvalue weighted by Crippen LogP contribution is -2.14. The first-order valence-corrected chi connectivity index (χ1v) is 6.72. The molecule has 2 N–H and O–H groups in total. The fourth-order valence-corrected chi connectivity index (χ4v) is 2.40. The Bertz CT molecular complexity index is 636. The van der Waals surface area contributed by atoms with Crippen LogP contribution in [-0.2, 0) is 12.5 Å². The summed E-state index contributed by atoms with van der Waals surface area (Å²) in [4.78, 5) is 0. The molecule has 108 valence electrons. The number of nitrogen functional groups attached to an aromatic ring is 1. The zero-order chi connectivity index (χ0) is 15.1. The average molecular weight is 273 g/mol. The zero-order valence-electron chi connectivity index (χ0n) is 13.1. The quantitative estimate of drug-likeness (QED) is 0.913. The summed E-state index contributed by atoms with van der Waals surface area (Å²) in [6.07, 6.45) is 1.79. The number of nitrogens with zero attached hydrogens (tertiary/aromatic N) is 2. The first-order valence-electron chi connectivity index (χ1n) is 6.72. The number of nitrogens with two attached hydrogens (primary N) is 1. The number of methoxy groups -OCH3 is 1. The van der Waals surface area contributed by atoms with E-state index >= 15 is 0 Å². The number of aromatic nitrogens is 2. The van der Waals surface area contributed by atoms with Crippen molar-refractivity contribution in [3.8, 4) is 16.9 Å². The second kappa shape index (κ2) is 4.85. The Kier molecular flexibility index (Phi) is 3.50. The van der Waals surface area contributed by atoms with Crippen molar-refractivity contribution in [1.82, 2.24) is 9.78 Å². The first kappa shape index (κ1) is 14.4. The molecular formula is C16H23N3O. The fourth-order valence-electron chi connectivity index (χ4n) is 2.40. The van der Waals surface area contributed by atoms with Gasteiger partial charge in [-0.3, -0.25) is 4.68 Å². The molecule has 2 aromatic rings. The summed E-state index contributed by atoms with van der Waals surface area (Å²) >= 11 is 0. The molecule has 4 heteroatoms. The Morgan fingerprint density at radius 2 is 1.85 bits per heavy atom. The van der Waals surface area contributed by atoms with E-state index in [1.54, 1.807) is 18.0 Å². The van der Waals surface area contributed by atoms with Gasteiger partial charge in [-0.1, -0.05) is 26.8 Å². The van der Waals surface area contributed by atoms with Crippen molar-refractivity contribution in [2.75, 3.05) is 12.8 Å². The van der Waals surface area contributed by atoms with E-state index in [-0.39, 0.29) is 5.41 Å². The first-order chi connectivity index (χ1) is 9.25. The Morgan fingerprint density at radius 1 is 1.20 bits per heavy atom. The molecule has 2 rings (SSSR count). The summed E-state index contributed by atoms with van der Waals surface area (Å²) < 4.78 is 7.36. The van der Waals surface area contributed by atoms with Crippen LogP contribution in [0.1, 0.15) is 31.9 Å². The number of hydrogen-bond acceptors (Lipinski definition) is 3. The number of benzene rings is 1. The van der Waals surface area contributed by atoms with Crippen LogP contribution < -0.4 is 10.5 Å². The van der Waals surface area contributed by atoms with E-state index in [0.29, 0.717) is 5.82 Å². The van der Waals surface area contributed by atoms with Crippen molar-refractivity contribution in [3.05, 3.63) is 29.5 Å². The predicted molar refractivity (Wildman–Crippen MR) is 83.0 cm³/mol. The summed E-state index contributed by atoms with van der Waals surface area (Å²) in [7, 11) is 3.54. The number of rotatable bonds is 2. The van der Waals surface area contributed by atoms with Gasteiger partial charge in [0.05, 0.1) is 13.3 Å². The van der Waals surface area contributed by atoms with Crippen molar-refractivity contribution in [3.63, 3.8) is 0 Å². The molecule has 0 radical (unpaired) electrons. The van der Waals surface area contributed by atoms with Crippen LogP contribution in [0.4, 0.5) is 5.82 Å². The molecule has 0 saturated heterocycles. The van der Waals surface area contributed by atoms with E-state index in [9.17, 15) is 0 Å². The molecule has 0 atom stereocenters. The van der Waals surface area contributed by atoms with Gasteiger partial charge in [-0.15, -0.1) is 0 Å². The molecule has 0 bridgehead atoms. The van der Waals surface area contributed by atoms with Gasteiger partial charge in [0, 0.05) is 23.7 Å². The minimum absolute atomic E-state index is 0.00306. The van der Waals surface area contributed by atoms with Crippen LogP contribution in [0.3, 0.4) is 0 Å². The molecule has 1 aromatic carbocycles. The largest absolute Gasteiger partial charge is 0.496 e. The highest BCUT2D eigenvalue weighted by Gasteiger charge is 2.23. The third-order valence-electron chi connectivity index (χ3n) is 3.52. The summed E-state index contributed by atoms with van der Waals surface area (Å²) in [6, 6.07) is 4.27. The van der Waals surface area contributed by atoms with Crippen LogP contribution in [0.2, 0.25) is 0 Å². The van der Waals surface area contributed by atoms with Gasteiger partial charge < -0.3 is 10.5 Å². The third kappa shape index (κ3) is 2.38. The van der Waals surface area contributed by atoms with E-state index < -0.39 is 0 Å². The maximum Gasteiger partial charge on any atom is 0.130 e. The van der Waals surface area contributed by atoms with Crippen molar-refractivity contribution in [2.45, 2.75) is 33.1 Å². The minimum Gasteiger partial charge on any atom is -0.496 e. The molecule has 0 aliphatic heterocycles. The number of hydrogen-bond donors (Lipinski definition) is 1. The number of ether oxygens (including phenoxy) is 1. The van der Waals surface area contributed by atoms with Crippen LogP contribution >= 0.6 is 0 Å². The summed E-state index contributed by atoms with van der Waals surface area (Å²) in [5, 5.41) is 4.23. The SMILES string of the molecule is COc1c(-c2cnn(C)c2N)cc(C)cc1C(C)(C)C. The van der Waals surface area contributed by atoms with E-state index in [2.05, 4.69) is 44.9 Å². The maximum atomic E-state index is 6.11. The molecule has 1 heterocycles. The van der Waals surface area contributed by atoms with Crippen molar-refractivity contribution >= 4 is 5.82 Å². The Balaban J connectivity index is 2.76. The van der Waals surface area contributed by atoms with Gasteiger partial charge >= 0.3 is 0 Å². The second-order valence-electron chi connectivity index (χ2n) is 6.21. The van der Waals surface area contributed by atoms with Gasteiger partial charge in [-0.2, -0.15) is 5.10 Å². The molecule has 4 nitrogen and oxygen atoms in total. The van der Waals surface area contributed by atoms with Crippen molar-refractivity contribution in [1.29, 1.82) is 0 Å². The summed E-state index contributed by atoms with van der Waals surface area (Å²) in [5.74, 6) is 1.52. The Hall–Kier alpha value is -1.97. The molecular weight excluding hydrogens is 250 g/mol. The highest BCUT2D eigenvalue weighted by molar-refractivity contribution is 5.80. The Labute approximate surface area is 120 Å². The lowest BCUT2D eigenvalue weighted by atomic mass is 9.83. The molecule has 0 spiro atoms. The standard InChI is InChI=1S/C16H23N3O/c1-10-7-11(12-9-18-19(5)15(12)17)14(20-6)13(8-10)16(2,3)4/h7-9H,17H2,1-6H3. The average Bonchev–Trinajstić information content (AvgIpc) is 2.68. The molecule has 0 aliphatic rings. The summed E-state index contributed by atoms with van der Waals surface area (Å²) in [5.41, 5.74) is 10.4. The van der Waals surface area contributed by atoms with Crippen molar-refractivity contribution < 1.29 is 4.74 Å². The van der Waals surface area contributed by atoms with Gasteiger partial charge in [0.25, 0.3) is 0 Å². The molecule has 0 amide bonds. The van der Waals surface area contributed by atoms with Crippen LogP contribution in [0.15, 0.2) is 18.3 Å². The van der Waals surface area contributed by atoms with Gasteiger partial charge in [0.1, 0.15) is 11.6 Å². The topological polar surface area (TPSA) is 53.1 Å². The molecule has 1 aromatic heterocycles. The normalized spacial score (nSPS) is 11.7. The van der Waals surface area contributed by atoms with Crippen LogP contribution in [0.25, 0.3) is 11.1 Å².